The number of pyridine rings is 4. The number of aromatic nitrogens is 4. The van der Waals surface area contributed by atoms with E-state index in [0.717, 1.165) is 58.6 Å². The summed E-state index contributed by atoms with van der Waals surface area (Å²) in [4.78, 5) is 71.9. The molecule has 0 fully saturated rings. The van der Waals surface area contributed by atoms with Gasteiger partial charge in [0.15, 0.2) is 23.1 Å². The minimum absolute atomic E-state index is 0.00558. The molecule has 24 nitrogen and oxygen atoms in total. The van der Waals surface area contributed by atoms with Crippen LogP contribution in [0.2, 0.25) is 0 Å². The van der Waals surface area contributed by atoms with Gasteiger partial charge < -0.3 is 59.8 Å². The second kappa shape index (κ2) is 48.9. The monoisotopic (exact) mass is 1840 g/mol. The van der Waals surface area contributed by atoms with E-state index in [1.165, 1.54) is 49.1 Å². The molecule has 0 aliphatic rings. The van der Waals surface area contributed by atoms with Crippen LogP contribution in [0.5, 0.6) is 23.0 Å². The van der Waals surface area contributed by atoms with Crippen molar-refractivity contribution in [1.82, 2.24) is 39.5 Å². The number of ether oxygens (including phenoxy) is 4. The summed E-state index contributed by atoms with van der Waals surface area (Å²) in [6, 6.07) is -10.9. The molecule has 0 spiro atoms. The summed E-state index contributed by atoms with van der Waals surface area (Å²) >= 11 is 0. The van der Waals surface area contributed by atoms with E-state index in [9.17, 15) is 57.8 Å². The molecule has 0 aliphatic carbocycles. The van der Waals surface area contributed by atoms with Crippen molar-refractivity contribution < 1.29 is 126 Å². The summed E-state index contributed by atoms with van der Waals surface area (Å²) in [6.45, 7) is -19.9. The Balaban J connectivity index is 0.000000266. The number of carbonyl (C=O) groups excluding carboxylic acids is 4. The zero-order valence-electron chi connectivity index (χ0n) is 123. The number of nitrogens with one attached hydrogen (secondary N) is 4. The van der Waals surface area contributed by atoms with Crippen LogP contribution >= 0.6 is 0 Å². The van der Waals surface area contributed by atoms with Gasteiger partial charge >= 0.3 is 0 Å². The maximum atomic E-state index is 14.4. The molecule has 132 heavy (non-hydrogen) atoms. The van der Waals surface area contributed by atoms with Crippen LogP contribution < -0.4 is 40.2 Å². The molecule has 12 aromatic rings. The summed E-state index contributed by atoms with van der Waals surface area (Å²) in [5.41, 5.74) is -11.1. The number of ketones is 4. The minimum atomic E-state index is -3.52. The molecule has 4 aromatic heterocycles. The number of nitrogens with zero attached hydrogens (tertiary/aromatic N) is 12. The molecule has 0 amide bonds. The van der Waals surface area contributed by atoms with E-state index in [-0.39, 0.29) is 80.9 Å². The van der Waals surface area contributed by atoms with Gasteiger partial charge in [-0.25, -0.2) is 17.6 Å². The third-order valence-corrected chi connectivity index (χ3v) is 17.0. The fraction of sp³-hybridized carbons (Fsp3) is 0.269. The van der Waals surface area contributed by atoms with Gasteiger partial charge in [-0.15, -0.1) is 0 Å². The molecule has 8 aromatic carbocycles. The molecule has 0 unspecified atom stereocenters. The summed E-state index contributed by atoms with van der Waals surface area (Å²) in [7, 11) is 6.41. The highest BCUT2D eigenvalue weighted by Gasteiger charge is 2.23. The Morgan fingerprint density at radius 3 is 0.886 bits per heavy atom. The van der Waals surface area contributed by atoms with Gasteiger partial charge in [0.25, 0.3) is 0 Å². The molecule has 12 rings (SSSR count). The number of hydrogen-bond acceptors (Lipinski definition) is 24. The number of nitriles is 4. The number of anilines is 8. The Labute approximate surface area is 839 Å². The highest BCUT2D eigenvalue weighted by molar-refractivity contribution is 6.03. The average Bonchev–Trinajstić information content (AvgIpc) is 0.726. The van der Waals surface area contributed by atoms with Crippen LogP contribution in [0.3, 0.4) is 0 Å². The Morgan fingerprint density at radius 2 is 0.652 bits per heavy atom. The Kier molecular flexibility index (Phi) is 18.8. The van der Waals surface area contributed by atoms with Crippen LogP contribution in [-0.4, -0.2) is 171 Å². The van der Waals surface area contributed by atoms with Gasteiger partial charge in [-0.1, -0.05) is 24.3 Å². The first-order valence-corrected chi connectivity index (χ1v) is 38.3. The van der Waals surface area contributed by atoms with Crippen molar-refractivity contribution in [3.63, 3.8) is 0 Å². The van der Waals surface area contributed by atoms with Crippen LogP contribution in [0.4, 0.5) is 63.1 Å². The van der Waals surface area contributed by atoms with Crippen molar-refractivity contribution in [3.05, 3.63) is 284 Å². The fourth-order valence-electron chi connectivity index (χ4n) is 11.0. The number of benzene rings is 8. The number of halogens is 4. The molecular weight excluding hydrogens is 1680 g/mol. The molecule has 0 radical (unpaired) electrons. The summed E-state index contributed by atoms with van der Waals surface area (Å²) in [5, 5.41) is 48.2. The zero-order chi connectivity index (χ0) is 140. The maximum Gasteiger partial charge on any atom is 0.159 e. The van der Waals surface area contributed by atoms with Crippen LogP contribution in [0, 0.1) is 96.3 Å². The summed E-state index contributed by atoms with van der Waals surface area (Å²) in [5.74, 6) is -11.4. The number of carbonyl (C=O) groups is 4. The van der Waals surface area contributed by atoms with Crippen molar-refractivity contribution in [2.75, 3.05) is 130 Å². The molecule has 0 saturated heterocycles. The maximum absolute atomic E-state index is 14.4. The number of rotatable bonds is 36. The van der Waals surface area contributed by atoms with Crippen LogP contribution in [0.15, 0.2) is 194 Å². The predicted octanol–water partition coefficient (Wildman–Crippen LogP) is 19.7. The van der Waals surface area contributed by atoms with Crippen molar-refractivity contribution in [2.45, 2.75) is 80.9 Å². The lowest BCUT2D eigenvalue weighted by molar-refractivity contribution is -0.114. The Hall–Kier alpha value is -15.0. The van der Waals surface area contributed by atoms with Crippen LogP contribution in [0.1, 0.15) is 164 Å². The van der Waals surface area contributed by atoms with Crippen molar-refractivity contribution in [1.29, 1.82) is 21.0 Å². The van der Waals surface area contributed by atoms with Gasteiger partial charge in [-0.3, -0.25) is 39.1 Å². The topological polar surface area (TPSA) is 313 Å². The number of fused-ring (bicyclic) bond motifs is 4. The SMILES string of the molecule is [2H]/C(=C\C([2H])([2H])N(C)C)C(=O)Cc1c(OC([2H])([2H])C([2H])([2H])[2H])c([2H])c2nc([2H])c(C#N)c(Nc3c([2H])c([2H])c(F)c(C)c3[2H])c2c1[2H].[2H]/C(=C\CN(C)C([2H])([2H])[2H])C(=O)Cc1c(OC([2H])([2H])C([2H])([2H])[2H])c([2H])c2nc([2H])c(C#N)c(Nc3c([2H])c([2H])c(F)c(C)c3[2H])c2c1[2H].[2H]/C(=C\CN(C)C([2H])([2H])[2H])C(=O)Cc1c(OC([2H])([2H])C)c([2H])c2nc([2H])c(C#N)c(Nc3c([2H])c([2H])c(F)c(C)c3[2H])c2c1[2H].[2H]/C(=C\CN(C)C([2H])([2H])[2H])C(=O)Cc1c(OCC)c([2H])c2nc([2H])c(C#N)c(Nc3c([2H])c([2H])c(F)c(C)c3[2H])c2c1[2H]. The molecule has 0 bridgehead atoms. The van der Waals surface area contributed by atoms with E-state index in [0.29, 0.717) is 6.08 Å². The standard InChI is InChI=1S/4C26H27FN4O2/c4*1-5-33-25-14-24-22(13-18(25)12-21(32)7-6-10-31(3)4)26(19(15-28)16-29-24)30-20-8-9-23(27)17(2)11-20/h4*6-9,11,13-14,16H,5,10,12H2,1-4H3,(H,29,30)/b4*7-6+/i1D3,5D2,7D,8D,9D,10D2,11D,13D,14D,16D;1D3,3D3,5D2,7D,8D,9D,11D,13D,14D,16D;3D3,5D2,7D,8D,9D,11D,13D,14D,16D;3D3,7D,8D,9D,11D,13D,14D,16D. The van der Waals surface area contributed by atoms with Crippen molar-refractivity contribution in [2.24, 2.45) is 0 Å². The number of hydrogen-bond donors (Lipinski definition) is 4. The summed E-state index contributed by atoms with van der Waals surface area (Å²) in [6.07, 6.45) is -2.77. The zero-order valence-corrected chi connectivity index (χ0v) is 71.6. The van der Waals surface area contributed by atoms with Gasteiger partial charge in [0.05, 0.1) is 140 Å². The Morgan fingerprint density at radius 1 is 0.394 bits per heavy atom. The third kappa shape index (κ3) is 28.5. The van der Waals surface area contributed by atoms with E-state index in [2.05, 4.69) is 41.2 Å². The number of allylic oxidation sites excluding steroid dienone is 4. The normalized spacial score (nSPS) is 17.9. The highest BCUT2D eigenvalue weighted by atomic mass is 19.1. The van der Waals surface area contributed by atoms with Gasteiger partial charge in [-0.2, -0.15) is 21.0 Å². The molecule has 680 valence electrons. The largest absolute Gasteiger partial charge is 0.494 e. The molecule has 28 heteroatoms. The van der Waals surface area contributed by atoms with Gasteiger partial charge in [-0.05, 0) is 255 Å². The lowest BCUT2D eigenvalue weighted by atomic mass is 10.0. The van der Waals surface area contributed by atoms with E-state index >= 15 is 0 Å². The molecular formula is C104H108F4N16O8. The second-order valence-corrected chi connectivity index (χ2v) is 27.3. The first-order chi connectivity index (χ1) is 83.8. The first kappa shape index (κ1) is 50.8. The minimum Gasteiger partial charge on any atom is -0.494 e. The van der Waals surface area contributed by atoms with Crippen LogP contribution in [-0.2, 0) is 44.9 Å². The Bertz CT molecular complexity index is 9220. The lowest BCUT2D eigenvalue weighted by Crippen LogP contribution is -2.11. The summed E-state index contributed by atoms with van der Waals surface area (Å²) < 4.78 is 489. The van der Waals surface area contributed by atoms with E-state index in [1.54, 1.807) is 31.2 Å². The molecule has 0 atom stereocenters. The molecule has 0 aliphatic heterocycles. The third-order valence-electron chi connectivity index (χ3n) is 17.0. The van der Waals surface area contributed by atoms with E-state index < -0.39 is 427 Å². The molecule has 4 N–H and O–H groups in total. The quantitative estimate of drug-likeness (QED) is 0.0209. The molecule has 4 heterocycles. The number of likely N-dealkylation sites (N-methyl/N-ethyl adjacent to an activating group) is 4. The molecule has 0 saturated carbocycles. The van der Waals surface area contributed by atoms with Gasteiger partial charge in [0, 0.05) is 191 Å². The predicted molar refractivity (Wildman–Crippen MR) is 514 cm³/mol. The smallest absolute Gasteiger partial charge is 0.159 e. The van der Waals surface area contributed by atoms with Crippen molar-refractivity contribution in [3.8, 4) is 47.3 Å². The van der Waals surface area contributed by atoms with Gasteiger partial charge in [0.2, 0.25) is 0 Å². The first-order valence-electron chi connectivity index (χ1n) is 63.8. The van der Waals surface area contributed by atoms with Crippen LogP contribution in [0.25, 0.3) is 43.6 Å². The highest BCUT2D eigenvalue weighted by Crippen LogP contribution is 2.40. The van der Waals surface area contributed by atoms with E-state index in [1.807, 2.05) is 0 Å². The fourth-order valence-corrected chi connectivity index (χ4v) is 11.0. The second-order valence-electron chi connectivity index (χ2n) is 27.3. The average molecular weight is 1840 g/mol. The van der Waals surface area contributed by atoms with E-state index in [4.69, 9.17) is 88.9 Å². The lowest BCUT2D eigenvalue weighted by Gasteiger charge is -2.15. The van der Waals surface area contributed by atoms with Crippen molar-refractivity contribution >= 4 is 112 Å². The van der Waals surface area contributed by atoms with Gasteiger partial charge in [0.1, 0.15) is 70.5 Å².